The molecule has 0 aliphatic rings. The van der Waals surface area contributed by atoms with Crippen molar-refractivity contribution in [3.05, 3.63) is 64.3 Å². The average Bonchev–Trinajstić information content (AvgIpc) is 2.60. The highest BCUT2D eigenvalue weighted by Crippen LogP contribution is 2.18. The number of amides is 1. The third-order valence-electron chi connectivity index (χ3n) is 2.77. The van der Waals surface area contributed by atoms with Crippen LogP contribution in [0.1, 0.15) is 10.4 Å². The molecule has 19 heavy (non-hydrogen) atoms. The molecule has 0 bridgehead atoms. The van der Waals surface area contributed by atoms with Gasteiger partial charge in [-0.1, -0.05) is 30.3 Å². The molecule has 0 heterocycles. The van der Waals surface area contributed by atoms with Crippen LogP contribution < -0.4 is 15.9 Å². The van der Waals surface area contributed by atoms with E-state index in [0.29, 0.717) is 16.7 Å². The standard InChI is InChI=1S/C15H13NO3/c1-19-13-8-3-2-7-12(14(13)17)10-5-4-6-11(9-10)15(16)18/h2-9H,1H3,(H2,16,18). The largest absolute Gasteiger partial charge is 0.493 e. The Morgan fingerprint density at radius 3 is 2.53 bits per heavy atom. The summed E-state index contributed by atoms with van der Waals surface area (Å²) in [7, 11) is 1.44. The summed E-state index contributed by atoms with van der Waals surface area (Å²) in [6, 6.07) is 13.4. The molecular formula is C15H13NO3. The smallest absolute Gasteiger partial charge is 0.248 e. The fraction of sp³-hybridized carbons (Fsp3) is 0.0667. The normalized spacial score (nSPS) is 9.95. The van der Waals surface area contributed by atoms with Crippen LogP contribution in [0.5, 0.6) is 5.75 Å². The van der Waals surface area contributed by atoms with Gasteiger partial charge in [-0.3, -0.25) is 9.59 Å². The van der Waals surface area contributed by atoms with Crippen LogP contribution in [0, 0.1) is 0 Å². The van der Waals surface area contributed by atoms with Crippen molar-refractivity contribution >= 4 is 5.91 Å². The van der Waals surface area contributed by atoms with Crippen LogP contribution in [0.2, 0.25) is 0 Å². The van der Waals surface area contributed by atoms with E-state index in [1.54, 1.807) is 48.5 Å². The minimum Gasteiger partial charge on any atom is -0.493 e. The third-order valence-corrected chi connectivity index (χ3v) is 2.77. The summed E-state index contributed by atoms with van der Waals surface area (Å²) >= 11 is 0. The molecule has 4 nitrogen and oxygen atoms in total. The van der Waals surface area contributed by atoms with Crippen LogP contribution in [0.3, 0.4) is 0 Å². The van der Waals surface area contributed by atoms with E-state index in [1.807, 2.05) is 0 Å². The Kier molecular flexibility index (Phi) is 3.61. The maximum absolute atomic E-state index is 12.2. The van der Waals surface area contributed by atoms with Crippen molar-refractivity contribution in [2.45, 2.75) is 0 Å². The Bertz CT molecular complexity index is 680. The Morgan fingerprint density at radius 2 is 1.84 bits per heavy atom. The van der Waals surface area contributed by atoms with Crippen molar-refractivity contribution in [1.29, 1.82) is 0 Å². The van der Waals surface area contributed by atoms with Gasteiger partial charge < -0.3 is 10.5 Å². The predicted octanol–water partition coefficient (Wildman–Crippen LogP) is 1.82. The van der Waals surface area contributed by atoms with Crippen LogP contribution in [0.4, 0.5) is 0 Å². The first-order valence-corrected chi connectivity index (χ1v) is 5.71. The second-order valence-corrected chi connectivity index (χ2v) is 3.97. The van der Waals surface area contributed by atoms with E-state index in [4.69, 9.17) is 10.5 Å². The molecule has 4 heteroatoms. The molecule has 0 aromatic heterocycles. The van der Waals surface area contributed by atoms with Crippen molar-refractivity contribution < 1.29 is 9.53 Å². The first-order chi connectivity index (χ1) is 9.13. The second kappa shape index (κ2) is 5.35. The quantitative estimate of drug-likeness (QED) is 0.909. The van der Waals surface area contributed by atoms with Gasteiger partial charge in [-0.25, -0.2) is 0 Å². The Morgan fingerprint density at radius 1 is 1.11 bits per heavy atom. The van der Waals surface area contributed by atoms with Crippen molar-refractivity contribution in [3.63, 3.8) is 0 Å². The molecule has 0 unspecified atom stereocenters. The molecule has 0 fully saturated rings. The maximum Gasteiger partial charge on any atom is 0.248 e. The highest BCUT2D eigenvalue weighted by Gasteiger charge is 2.08. The number of methoxy groups -OCH3 is 1. The molecule has 0 aliphatic carbocycles. The van der Waals surface area contributed by atoms with Gasteiger partial charge >= 0.3 is 0 Å². The second-order valence-electron chi connectivity index (χ2n) is 3.97. The number of hydrogen-bond acceptors (Lipinski definition) is 3. The van der Waals surface area contributed by atoms with E-state index in [1.165, 1.54) is 7.11 Å². The van der Waals surface area contributed by atoms with E-state index < -0.39 is 5.91 Å². The monoisotopic (exact) mass is 255 g/mol. The van der Waals surface area contributed by atoms with Gasteiger partial charge in [0.15, 0.2) is 5.75 Å². The van der Waals surface area contributed by atoms with Gasteiger partial charge in [0.1, 0.15) is 0 Å². The molecule has 2 rings (SSSR count). The number of ether oxygens (including phenoxy) is 1. The van der Waals surface area contributed by atoms with E-state index in [-0.39, 0.29) is 11.2 Å². The van der Waals surface area contributed by atoms with Crippen LogP contribution >= 0.6 is 0 Å². The van der Waals surface area contributed by atoms with Crippen LogP contribution in [0.25, 0.3) is 11.1 Å². The highest BCUT2D eigenvalue weighted by molar-refractivity contribution is 5.94. The Hall–Kier alpha value is -2.62. The molecule has 2 aromatic carbocycles. The van der Waals surface area contributed by atoms with Crippen molar-refractivity contribution in [1.82, 2.24) is 0 Å². The lowest BCUT2D eigenvalue weighted by atomic mass is 10.0. The Labute approximate surface area is 110 Å². The first-order valence-electron chi connectivity index (χ1n) is 5.71. The topological polar surface area (TPSA) is 69.4 Å². The number of rotatable bonds is 3. The fourth-order valence-electron chi connectivity index (χ4n) is 1.81. The highest BCUT2D eigenvalue weighted by atomic mass is 16.5. The minimum absolute atomic E-state index is 0.228. The van der Waals surface area contributed by atoms with Crippen LogP contribution in [-0.2, 0) is 0 Å². The average molecular weight is 255 g/mol. The number of carbonyl (C=O) groups excluding carboxylic acids is 1. The first kappa shape index (κ1) is 12.8. The maximum atomic E-state index is 12.2. The summed E-state index contributed by atoms with van der Waals surface area (Å²) < 4.78 is 5.04. The van der Waals surface area contributed by atoms with Crippen molar-refractivity contribution in [2.75, 3.05) is 7.11 Å². The van der Waals surface area contributed by atoms with E-state index >= 15 is 0 Å². The minimum atomic E-state index is -0.526. The number of primary amides is 1. The van der Waals surface area contributed by atoms with Gasteiger partial charge in [-0.05, 0) is 23.8 Å². The summed E-state index contributed by atoms with van der Waals surface area (Å²) in [6.07, 6.45) is 0. The summed E-state index contributed by atoms with van der Waals surface area (Å²) in [5.41, 5.74) is 6.47. The molecule has 0 atom stereocenters. The molecule has 0 spiro atoms. The fourth-order valence-corrected chi connectivity index (χ4v) is 1.81. The summed E-state index contributed by atoms with van der Waals surface area (Å²) in [4.78, 5) is 23.4. The third kappa shape index (κ3) is 2.63. The van der Waals surface area contributed by atoms with Gasteiger partial charge in [0.25, 0.3) is 0 Å². The molecule has 1 amide bonds. The van der Waals surface area contributed by atoms with Crippen LogP contribution in [0.15, 0.2) is 53.3 Å². The van der Waals surface area contributed by atoms with Gasteiger partial charge in [0.2, 0.25) is 11.3 Å². The van der Waals surface area contributed by atoms with E-state index in [2.05, 4.69) is 0 Å². The summed E-state index contributed by atoms with van der Waals surface area (Å²) in [5, 5.41) is 0. The molecular weight excluding hydrogens is 242 g/mol. The zero-order valence-corrected chi connectivity index (χ0v) is 10.4. The molecule has 0 radical (unpaired) electrons. The number of nitrogens with two attached hydrogens (primary N) is 1. The molecule has 96 valence electrons. The van der Waals surface area contributed by atoms with E-state index in [9.17, 15) is 9.59 Å². The molecule has 0 saturated carbocycles. The van der Waals surface area contributed by atoms with Gasteiger partial charge in [-0.15, -0.1) is 0 Å². The zero-order valence-electron chi connectivity index (χ0n) is 10.4. The summed E-state index contributed by atoms with van der Waals surface area (Å²) in [5.74, 6) is -0.272. The van der Waals surface area contributed by atoms with E-state index in [0.717, 1.165) is 0 Å². The molecule has 0 aliphatic heterocycles. The van der Waals surface area contributed by atoms with Crippen LogP contribution in [-0.4, -0.2) is 13.0 Å². The van der Waals surface area contributed by atoms with Crippen molar-refractivity contribution in [3.8, 4) is 16.9 Å². The molecule has 2 aromatic rings. The number of hydrogen-bond donors (Lipinski definition) is 1. The number of carbonyl (C=O) groups is 1. The Balaban J connectivity index is 2.66. The van der Waals surface area contributed by atoms with Gasteiger partial charge in [0.05, 0.1) is 7.11 Å². The lowest BCUT2D eigenvalue weighted by Gasteiger charge is -2.02. The molecule has 2 N–H and O–H groups in total. The van der Waals surface area contributed by atoms with Gasteiger partial charge in [0, 0.05) is 11.1 Å². The lowest BCUT2D eigenvalue weighted by Crippen LogP contribution is -2.11. The predicted molar refractivity (Wildman–Crippen MR) is 73.2 cm³/mol. The molecule has 0 saturated heterocycles. The SMILES string of the molecule is COc1ccccc(-c2cccc(C(N)=O)c2)c1=O. The van der Waals surface area contributed by atoms with Crippen molar-refractivity contribution in [2.24, 2.45) is 5.73 Å². The number of benzene rings is 1. The van der Waals surface area contributed by atoms with Gasteiger partial charge in [-0.2, -0.15) is 0 Å². The summed E-state index contributed by atoms with van der Waals surface area (Å²) in [6.45, 7) is 0. The zero-order chi connectivity index (χ0) is 13.8. The lowest BCUT2D eigenvalue weighted by molar-refractivity contribution is 0.100.